The summed E-state index contributed by atoms with van der Waals surface area (Å²) < 4.78 is 16.8. The summed E-state index contributed by atoms with van der Waals surface area (Å²) in [5.41, 5.74) is 0. The molecule has 0 aliphatic heterocycles. The first-order valence-corrected chi connectivity index (χ1v) is 30.5. The zero-order valence-electron chi connectivity index (χ0n) is 48.7. The molecule has 0 bridgehead atoms. The molecule has 0 saturated carbocycles. The van der Waals surface area contributed by atoms with Gasteiger partial charge in [0.15, 0.2) is 6.10 Å². The average molecular weight is 1050 g/mol. The van der Waals surface area contributed by atoms with E-state index in [0.29, 0.717) is 19.3 Å². The molecule has 6 heteroatoms. The molecule has 6 nitrogen and oxygen atoms in total. The monoisotopic (exact) mass is 1050 g/mol. The van der Waals surface area contributed by atoms with Gasteiger partial charge in [-0.3, -0.25) is 14.4 Å². The van der Waals surface area contributed by atoms with E-state index in [2.05, 4.69) is 179 Å². The molecule has 0 saturated heterocycles. The Morgan fingerprint density at radius 3 is 0.855 bits per heavy atom. The van der Waals surface area contributed by atoms with Crippen LogP contribution in [0.3, 0.4) is 0 Å². The van der Waals surface area contributed by atoms with Gasteiger partial charge in [0.2, 0.25) is 0 Å². The van der Waals surface area contributed by atoms with E-state index >= 15 is 0 Å². The third-order valence-electron chi connectivity index (χ3n) is 12.3. The zero-order valence-corrected chi connectivity index (χ0v) is 48.7. The van der Waals surface area contributed by atoms with Crippen molar-refractivity contribution >= 4 is 17.9 Å². The number of allylic oxidation sites excluding steroid dienone is 26. The van der Waals surface area contributed by atoms with Crippen LogP contribution in [-0.2, 0) is 28.6 Å². The molecule has 0 radical (unpaired) electrons. The molecule has 0 aliphatic rings. The van der Waals surface area contributed by atoms with Crippen LogP contribution in [0.4, 0.5) is 0 Å². The van der Waals surface area contributed by atoms with E-state index in [4.69, 9.17) is 14.2 Å². The van der Waals surface area contributed by atoms with Crippen LogP contribution in [0, 0.1) is 0 Å². The minimum Gasteiger partial charge on any atom is -0.462 e. The van der Waals surface area contributed by atoms with Crippen molar-refractivity contribution in [2.75, 3.05) is 13.2 Å². The molecular weight excluding hydrogens is 937 g/mol. The third kappa shape index (κ3) is 59.9. The molecule has 0 fully saturated rings. The molecule has 0 rings (SSSR count). The molecule has 0 aromatic heterocycles. The van der Waals surface area contributed by atoms with E-state index in [9.17, 15) is 14.4 Å². The van der Waals surface area contributed by atoms with Crippen molar-refractivity contribution in [3.8, 4) is 0 Å². The van der Waals surface area contributed by atoms with Crippen LogP contribution in [0.5, 0.6) is 0 Å². The van der Waals surface area contributed by atoms with Crippen molar-refractivity contribution in [1.82, 2.24) is 0 Å². The second kappa shape index (κ2) is 62.6. The van der Waals surface area contributed by atoms with Crippen LogP contribution in [0.25, 0.3) is 0 Å². The van der Waals surface area contributed by atoms with Gasteiger partial charge in [-0.15, -0.1) is 0 Å². The molecule has 0 N–H and O–H groups in total. The fourth-order valence-electron chi connectivity index (χ4n) is 7.79. The van der Waals surface area contributed by atoms with E-state index in [1.54, 1.807) is 0 Å². The van der Waals surface area contributed by atoms with Gasteiger partial charge in [-0.25, -0.2) is 0 Å². The number of esters is 3. The van der Waals surface area contributed by atoms with E-state index in [0.717, 1.165) is 122 Å². The maximum atomic E-state index is 12.9. The lowest BCUT2D eigenvalue weighted by Crippen LogP contribution is -2.30. The Kier molecular flexibility index (Phi) is 58.5. The summed E-state index contributed by atoms with van der Waals surface area (Å²) >= 11 is 0. The topological polar surface area (TPSA) is 78.9 Å². The van der Waals surface area contributed by atoms with Crippen LogP contribution in [-0.4, -0.2) is 37.2 Å². The highest BCUT2D eigenvalue weighted by Gasteiger charge is 2.19. The summed E-state index contributed by atoms with van der Waals surface area (Å²) in [7, 11) is 0. The van der Waals surface area contributed by atoms with Crippen LogP contribution >= 0.6 is 0 Å². The van der Waals surface area contributed by atoms with Gasteiger partial charge in [0.1, 0.15) is 13.2 Å². The lowest BCUT2D eigenvalue weighted by atomic mass is 10.0. The number of carbonyl (C=O) groups excluding carboxylic acids is 3. The van der Waals surface area contributed by atoms with E-state index in [1.165, 1.54) is 70.6 Å². The SMILES string of the molecule is CC/C=C\C/C=C\C/C=C\C/C=C\C/C=C\C/C=C\C/C=C\CCCC(=O)OCC(COC(=O)CCCCCCCCCCCCCCCC)OC(=O)CCCC/C=C\C/C=C\C/C=C\C/C=C\C/C=C\C/C=C\CC. The van der Waals surface area contributed by atoms with Crippen molar-refractivity contribution in [3.05, 3.63) is 158 Å². The van der Waals surface area contributed by atoms with Crippen LogP contribution in [0.2, 0.25) is 0 Å². The predicted octanol–water partition coefficient (Wildman–Crippen LogP) is 20.9. The van der Waals surface area contributed by atoms with E-state index in [-0.39, 0.29) is 44.0 Å². The number of ether oxygens (including phenoxy) is 3. The minimum atomic E-state index is -0.832. The molecule has 0 aromatic rings. The number of carbonyl (C=O) groups is 3. The summed E-state index contributed by atoms with van der Waals surface area (Å²) in [6, 6.07) is 0. The molecular formula is C70H110O6. The maximum absolute atomic E-state index is 12.9. The quantitative estimate of drug-likeness (QED) is 0.0261. The lowest BCUT2D eigenvalue weighted by Gasteiger charge is -2.18. The Bertz CT molecular complexity index is 1720. The van der Waals surface area contributed by atoms with Crippen molar-refractivity contribution in [2.45, 2.75) is 252 Å². The normalized spacial score (nSPS) is 13.2. The first-order chi connectivity index (χ1) is 37.5. The molecule has 76 heavy (non-hydrogen) atoms. The fourth-order valence-corrected chi connectivity index (χ4v) is 7.79. The number of unbranched alkanes of at least 4 members (excludes halogenated alkanes) is 16. The van der Waals surface area contributed by atoms with Crippen molar-refractivity contribution in [1.29, 1.82) is 0 Å². The molecule has 1 atom stereocenters. The highest BCUT2D eigenvalue weighted by atomic mass is 16.6. The Hall–Kier alpha value is -4.97. The molecule has 0 amide bonds. The molecule has 1 unspecified atom stereocenters. The van der Waals surface area contributed by atoms with Gasteiger partial charge in [0.05, 0.1) is 0 Å². The average Bonchev–Trinajstić information content (AvgIpc) is 3.42. The first kappa shape index (κ1) is 71.0. The number of rotatable bonds is 53. The second-order valence-electron chi connectivity index (χ2n) is 19.5. The van der Waals surface area contributed by atoms with Gasteiger partial charge in [-0.1, -0.05) is 262 Å². The molecule has 0 heterocycles. The smallest absolute Gasteiger partial charge is 0.306 e. The van der Waals surface area contributed by atoms with Crippen LogP contribution < -0.4 is 0 Å². The summed E-state index contributed by atoms with van der Waals surface area (Å²) in [6.45, 7) is 6.32. The van der Waals surface area contributed by atoms with Gasteiger partial charge in [0, 0.05) is 19.3 Å². The van der Waals surface area contributed by atoms with Crippen molar-refractivity contribution < 1.29 is 28.6 Å². The van der Waals surface area contributed by atoms with Crippen LogP contribution in [0.1, 0.15) is 245 Å². The number of hydrogen-bond acceptors (Lipinski definition) is 6. The summed E-state index contributed by atoms with van der Waals surface area (Å²) in [5.74, 6) is -1.03. The summed E-state index contributed by atoms with van der Waals surface area (Å²) in [6.07, 6.45) is 91.0. The second-order valence-corrected chi connectivity index (χ2v) is 19.5. The lowest BCUT2D eigenvalue weighted by molar-refractivity contribution is -0.167. The van der Waals surface area contributed by atoms with Gasteiger partial charge in [-0.2, -0.15) is 0 Å². The Balaban J connectivity index is 4.58. The molecule has 0 aliphatic carbocycles. The van der Waals surface area contributed by atoms with Gasteiger partial charge < -0.3 is 14.2 Å². The Labute approximate surface area is 467 Å². The summed E-state index contributed by atoms with van der Waals surface area (Å²) in [5, 5.41) is 0. The predicted molar refractivity (Wildman–Crippen MR) is 329 cm³/mol. The van der Waals surface area contributed by atoms with Crippen molar-refractivity contribution in [2.24, 2.45) is 0 Å². The standard InChI is InChI=1S/C70H110O6/c1-4-7-10-13-16-19-22-25-28-30-32-34-35-37-38-40-42-45-48-51-54-57-60-63-69(72)75-66-67(65-74-68(71)62-59-56-53-50-47-44-27-24-21-18-15-12-9-6-3)76-70(73)64-61-58-55-52-49-46-43-41-39-36-33-31-29-26-23-20-17-14-11-8-5-2/h7-8,10-11,16-17,19-20,25-26,28-29,32-34,36-38,41-43,45,49,51-52,54,67H,4-6,9,12-15,18,21-24,27,30-31,35,39-40,44,46-48,50,53,55-66H2,1-3H3/b10-7-,11-8-,19-16-,20-17-,28-25-,29-26-,34-32-,36-33-,38-37-,43-41-,45-42-,52-49-,54-51-. The highest BCUT2D eigenvalue weighted by molar-refractivity contribution is 5.71. The molecule has 0 aromatic carbocycles. The maximum Gasteiger partial charge on any atom is 0.306 e. The fraction of sp³-hybridized carbons (Fsp3) is 0.586. The zero-order chi connectivity index (χ0) is 55.0. The largest absolute Gasteiger partial charge is 0.462 e. The minimum absolute atomic E-state index is 0.119. The first-order valence-electron chi connectivity index (χ1n) is 30.5. The third-order valence-corrected chi connectivity index (χ3v) is 12.3. The molecule has 426 valence electrons. The Morgan fingerprint density at radius 1 is 0.276 bits per heavy atom. The van der Waals surface area contributed by atoms with Gasteiger partial charge in [0.25, 0.3) is 0 Å². The summed E-state index contributed by atoms with van der Waals surface area (Å²) in [4.78, 5) is 38.2. The van der Waals surface area contributed by atoms with E-state index in [1.807, 2.05) is 0 Å². The molecule has 0 spiro atoms. The van der Waals surface area contributed by atoms with Crippen molar-refractivity contribution in [3.63, 3.8) is 0 Å². The highest BCUT2D eigenvalue weighted by Crippen LogP contribution is 2.14. The van der Waals surface area contributed by atoms with Gasteiger partial charge >= 0.3 is 17.9 Å². The van der Waals surface area contributed by atoms with Crippen LogP contribution in [0.15, 0.2) is 158 Å². The van der Waals surface area contributed by atoms with Gasteiger partial charge in [-0.05, 0) is 122 Å². The number of hydrogen-bond donors (Lipinski definition) is 0. The van der Waals surface area contributed by atoms with E-state index < -0.39 is 6.10 Å². The Morgan fingerprint density at radius 2 is 0.526 bits per heavy atom.